The van der Waals surface area contributed by atoms with Crippen LogP contribution in [-0.2, 0) is 4.74 Å². The van der Waals surface area contributed by atoms with Gasteiger partial charge < -0.3 is 15.0 Å². The monoisotopic (exact) mass is 452 g/mol. The number of rotatable bonds is 5. The van der Waals surface area contributed by atoms with Crippen LogP contribution in [0.25, 0.3) is 20.7 Å². The first-order valence-corrected chi connectivity index (χ1v) is 12.1. The molecule has 0 unspecified atom stereocenters. The Balaban J connectivity index is 1.30. The number of fused-ring (bicyclic) bond motifs is 1. The molecule has 1 amide bonds. The standard InChI is InChI=1S/C25H32N4O2S/c1-25(2,3)31-24(30)29(4)19-11-9-17(10-12-19)16-27-23-26-14-13-20(28-23)22-15-18-7-5-6-8-21(18)32-22/h5-8,13-15,17,19H,9-12,16H2,1-4H3,(H,26,27,28). The largest absolute Gasteiger partial charge is 0.444 e. The normalized spacial score (nSPS) is 19.0. The van der Waals surface area contributed by atoms with Gasteiger partial charge in [0.05, 0.1) is 10.6 Å². The summed E-state index contributed by atoms with van der Waals surface area (Å²) in [6.07, 6.45) is 5.71. The molecule has 1 aliphatic rings. The summed E-state index contributed by atoms with van der Waals surface area (Å²) in [7, 11) is 1.85. The van der Waals surface area contributed by atoms with Gasteiger partial charge in [-0.1, -0.05) is 18.2 Å². The SMILES string of the molecule is CN(C(=O)OC(C)(C)C)C1CCC(CNc2nccc(-c3cc4ccccc4s3)n2)CC1. The summed E-state index contributed by atoms with van der Waals surface area (Å²) >= 11 is 1.75. The Morgan fingerprint density at radius 3 is 2.66 bits per heavy atom. The first kappa shape index (κ1) is 22.5. The van der Waals surface area contributed by atoms with Gasteiger partial charge in [0.1, 0.15) is 5.60 Å². The Morgan fingerprint density at radius 1 is 1.19 bits per heavy atom. The minimum atomic E-state index is -0.461. The number of anilines is 1. The van der Waals surface area contributed by atoms with Gasteiger partial charge >= 0.3 is 6.09 Å². The van der Waals surface area contributed by atoms with Crippen LogP contribution in [0.15, 0.2) is 42.6 Å². The first-order chi connectivity index (χ1) is 15.3. The van der Waals surface area contributed by atoms with Crippen LogP contribution in [0.5, 0.6) is 0 Å². The van der Waals surface area contributed by atoms with Crippen molar-refractivity contribution in [3.05, 3.63) is 42.6 Å². The van der Waals surface area contributed by atoms with Gasteiger partial charge in [0.2, 0.25) is 5.95 Å². The maximum atomic E-state index is 12.3. The van der Waals surface area contributed by atoms with Gasteiger partial charge in [-0.25, -0.2) is 14.8 Å². The Morgan fingerprint density at radius 2 is 1.94 bits per heavy atom. The number of hydrogen-bond donors (Lipinski definition) is 1. The van der Waals surface area contributed by atoms with Crippen molar-refractivity contribution in [2.24, 2.45) is 5.92 Å². The molecule has 2 aromatic heterocycles. The molecule has 0 aliphatic heterocycles. The molecule has 32 heavy (non-hydrogen) atoms. The molecule has 1 fully saturated rings. The molecule has 1 aliphatic carbocycles. The van der Waals surface area contributed by atoms with Crippen LogP contribution in [0.4, 0.5) is 10.7 Å². The summed E-state index contributed by atoms with van der Waals surface area (Å²) in [5, 5.41) is 4.68. The fraction of sp³-hybridized carbons (Fsp3) is 0.480. The Hall–Kier alpha value is -2.67. The smallest absolute Gasteiger partial charge is 0.410 e. The van der Waals surface area contributed by atoms with Crippen molar-refractivity contribution in [1.82, 2.24) is 14.9 Å². The van der Waals surface area contributed by atoms with E-state index in [0.29, 0.717) is 11.9 Å². The van der Waals surface area contributed by atoms with Crippen molar-refractivity contribution in [1.29, 1.82) is 0 Å². The molecule has 7 heteroatoms. The average molecular weight is 453 g/mol. The van der Waals surface area contributed by atoms with Crippen LogP contribution in [0, 0.1) is 5.92 Å². The van der Waals surface area contributed by atoms with Gasteiger partial charge in [-0.15, -0.1) is 11.3 Å². The lowest BCUT2D eigenvalue weighted by atomic mass is 9.85. The second-order valence-electron chi connectivity index (χ2n) is 9.56. The predicted octanol–water partition coefficient (Wildman–Crippen LogP) is 6.20. The second-order valence-corrected chi connectivity index (χ2v) is 10.6. The molecule has 1 aromatic carbocycles. The van der Waals surface area contributed by atoms with E-state index < -0.39 is 5.60 Å². The van der Waals surface area contributed by atoms with Crippen LogP contribution in [0.2, 0.25) is 0 Å². The lowest BCUT2D eigenvalue weighted by molar-refractivity contribution is 0.0174. The van der Waals surface area contributed by atoms with Crippen LogP contribution in [0.1, 0.15) is 46.5 Å². The number of amides is 1. The molecule has 0 saturated heterocycles. The van der Waals surface area contributed by atoms with E-state index in [1.807, 2.05) is 40.1 Å². The van der Waals surface area contributed by atoms with Crippen LogP contribution in [0.3, 0.4) is 0 Å². The Kier molecular flexibility index (Phi) is 6.65. The summed E-state index contributed by atoms with van der Waals surface area (Å²) in [4.78, 5) is 24.4. The molecule has 2 heterocycles. The number of aromatic nitrogens is 2. The molecule has 170 valence electrons. The quantitative estimate of drug-likeness (QED) is 0.499. The van der Waals surface area contributed by atoms with Crippen molar-refractivity contribution >= 4 is 33.5 Å². The van der Waals surface area contributed by atoms with E-state index in [1.165, 1.54) is 10.1 Å². The van der Waals surface area contributed by atoms with Gasteiger partial charge in [-0.3, -0.25) is 0 Å². The predicted molar refractivity (Wildman–Crippen MR) is 131 cm³/mol. The number of nitrogens with one attached hydrogen (secondary N) is 1. The van der Waals surface area contributed by atoms with E-state index in [-0.39, 0.29) is 12.1 Å². The van der Waals surface area contributed by atoms with E-state index >= 15 is 0 Å². The highest BCUT2D eigenvalue weighted by molar-refractivity contribution is 7.22. The number of benzene rings is 1. The van der Waals surface area contributed by atoms with Crippen molar-refractivity contribution in [3.8, 4) is 10.6 Å². The van der Waals surface area contributed by atoms with E-state index in [1.54, 1.807) is 16.2 Å². The number of nitrogens with zero attached hydrogens (tertiary/aromatic N) is 3. The number of carbonyl (C=O) groups excluding carboxylic acids is 1. The molecule has 0 atom stereocenters. The highest BCUT2D eigenvalue weighted by Gasteiger charge is 2.29. The van der Waals surface area contributed by atoms with Crippen molar-refractivity contribution < 1.29 is 9.53 Å². The van der Waals surface area contributed by atoms with E-state index in [2.05, 4.69) is 40.6 Å². The minimum Gasteiger partial charge on any atom is -0.444 e. The van der Waals surface area contributed by atoms with E-state index in [0.717, 1.165) is 42.8 Å². The lowest BCUT2D eigenvalue weighted by Gasteiger charge is -2.35. The summed E-state index contributed by atoms with van der Waals surface area (Å²) in [6.45, 7) is 6.55. The van der Waals surface area contributed by atoms with Crippen LogP contribution < -0.4 is 5.32 Å². The summed E-state index contributed by atoms with van der Waals surface area (Å²) in [5.41, 5.74) is 0.489. The fourth-order valence-electron chi connectivity index (χ4n) is 4.14. The van der Waals surface area contributed by atoms with Crippen LogP contribution >= 0.6 is 11.3 Å². The van der Waals surface area contributed by atoms with Gasteiger partial charge in [0, 0.05) is 30.5 Å². The fourth-order valence-corrected chi connectivity index (χ4v) is 5.18. The summed E-state index contributed by atoms with van der Waals surface area (Å²) in [5.74, 6) is 1.22. The first-order valence-electron chi connectivity index (χ1n) is 11.3. The third kappa shape index (κ3) is 5.57. The number of carbonyl (C=O) groups is 1. The van der Waals surface area contributed by atoms with Gasteiger partial charge in [-0.2, -0.15) is 0 Å². The molecule has 0 radical (unpaired) electrons. The van der Waals surface area contributed by atoms with Gasteiger partial charge in [0.25, 0.3) is 0 Å². The van der Waals surface area contributed by atoms with Crippen molar-refractivity contribution in [2.45, 2.75) is 58.1 Å². The Bertz CT molecular complexity index is 1030. The highest BCUT2D eigenvalue weighted by Crippen LogP contribution is 2.33. The minimum absolute atomic E-state index is 0.231. The average Bonchev–Trinajstić information content (AvgIpc) is 3.21. The molecular weight excluding hydrogens is 420 g/mol. The molecule has 0 spiro atoms. The zero-order valence-electron chi connectivity index (χ0n) is 19.3. The Labute approximate surface area is 194 Å². The van der Waals surface area contributed by atoms with Crippen LogP contribution in [-0.4, -0.2) is 46.2 Å². The molecule has 6 nitrogen and oxygen atoms in total. The number of thiophene rings is 1. The second kappa shape index (κ2) is 9.45. The maximum Gasteiger partial charge on any atom is 0.410 e. The molecular formula is C25H32N4O2S. The summed E-state index contributed by atoms with van der Waals surface area (Å²) < 4.78 is 6.78. The molecule has 4 rings (SSSR count). The van der Waals surface area contributed by atoms with Crippen molar-refractivity contribution in [3.63, 3.8) is 0 Å². The third-order valence-corrected chi connectivity index (χ3v) is 7.07. The lowest BCUT2D eigenvalue weighted by Crippen LogP contribution is -2.42. The molecule has 1 saturated carbocycles. The zero-order chi connectivity index (χ0) is 22.7. The zero-order valence-corrected chi connectivity index (χ0v) is 20.1. The van der Waals surface area contributed by atoms with Gasteiger partial charge in [-0.05, 0) is 76.0 Å². The number of hydrogen-bond acceptors (Lipinski definition) is 6. The topological polar surface area (TPSA) is 67.3 Å². The van der Waals surface area contributed by atoms with E-state index in [4.69, 9.17) is 9.72 Å². The number of ether oxygens (including phenoxy) is 1. The maximum absolute atomic E-state index is 12.3. The van der Waals surface area contributed by atoms with Crippen molar-refractivity contribution in [2.75, 3.05) is 18.9 Å². The van der Waals surface area contributed by atoms with E-state index in [9.17, 15) is 4.79 Å². The molecule has 0 bridgehead atoms. The van der Waals surface area contributed by atoms with Gasteiger partial charge in [0.15, 0.2) is 0 Å². The highest BCUT2D eigenvalue weighted by atomic mass is 32.1. The summed E-state index contributed by atoms with van der Waals surface area (Å²) in [6, 6.07) is 12.8. The molecule has 1 N–H and O–H groups in total. The third-order valence-electron chi connectivity index (χ3n) is 5.93. The molecule has 3 aromatic rings.